The van der Waals surface area contributed by atoms with E-state index in [2.05, 4.69) is 6.92 Å². The van der Waals surface area contributed by atoms with Crippen LogP contribution in [0.5, 0.6) is 11.5 Å². The fourth-order valence-corrected chi connectivity index (χ4v) is 6.49. The van der Waals surface area contributed by atoms with Gasteiger partial charge in [0.2, 0.25) is 11.8 Å². The SMILES string of the molecule is COc1ccc(OC)c([C@@H]2SCC(=O)N(CC(=O)N3CCC(C)CC3)c3c2c(-c2ccccc2)nn3C)c1. The zero-order valence-corrected chi connectivity index (χ0v) is 23.2. The minimum Gasteiger partial charge on any atom is -0.497 e. The van der Waals surface area contributed by atoms with Gasteiger partial charge < -0.3 is 14.4 Å². The van der Waals surface area contributed by atoms with E-state index in [0.29, 0.717) is 23.2 Å². The first-order valence-corrected chi connectivity index (χ1v) is 14.0. The van der Waals surface area contributed by atoms with E-state index >= 15 is 0 Å². The third-order valence-corrected chi connectivity index (χ3v) is 8.68. The van der Waals surface area contributed by atoms with Crippen LogP contribution < -0.4 is 14.4 Å². The van der Waals surface area contributed by atoms with Crippen molar-refractivity contribution in [1.29, 1.82) is 0 Å². The number of ether oxygens (including phenoxy) is 2. The van der Waals surface area contributed by atoms with E-state index < -0.39 is 0 Å². The second kappa shape index (κ2) is 11.1. The number of anilines is 1. The van der Waals surface area contributed by atoms with Crippen LogP contribution in [0.4, 0.5) is 5.82 Å². The number of aryl methyl sites for hydroxylation is 1. The largest absolute Gasteiger partial charge is 0.497 e. The Balaban J connectivity index is 1.64. The van der Waals surface area contributed by atoms with Crippen LogP contribution in [-0.4, -0.2) is 66.1 Å². The molecule has 2 aromatic carbocycles. The lowest BCUT2D eigenvalue weighted by molar-refractivity contribution is -0.132. The predicted octanol–water partition coefficient (Wildman–Crippen LogP) is 4.53. The maximum atomic E-state index is 13.6. The summed E-state index contributed by atoms with van der Waals surface area (Å²) in [6, 6.07) is 15.7. The van der Waals surface area contributed by atoms with Crippen molar-refractivity contribution in [2.45, 2.75) is 25.0 Å². The highest BCUT2D eigenvalue weighted by atomic mass is 32.2. The number of carbonyl (C=O) groups is 2. The highest BCUT2D eigenvalue weighted by Crippen LogP contribution is 2.50. The number of fused-ring (bicyclic) bond motifs is 1. The molecule has 1 atom stereocenters. The van der Waals surface area contributed by atoms with Crippen molar-refractivity contribution in [1.82, 2.24) is 14.7 Å². The van der Waals surface area contributed by atoms with E-state index in [0.717, 1.165) is 48.3 Å². The molecule has 2 aliphatic heterocycles. The van der Waals surface area contributed by atoms with Crippen molar-refractivity contribution in [3.63, 3.8) is 0 Å². The fraction of sp³-hybridized carbons (Fsp3) is 0.414. The molecule has 1 fully saturated rings. The molecule has 3 heterocycles. The molecule has 8 nitrogen and oxygen atoms in total. The lowest BCUT2D eigenvalue weighted by Gasteiger charge is -2.32. The summed E-state index contributed by atoms with van der Waals surface area (Å²) in [7, 11) is 5.12. The van der Waals surface area contributed by atoms with Crippen molar-refractivity contribution < 1.29 is 19.1 Å². The standard InChI is InChI=1S/C29H34N4O4S/c1-19-12-14-32(15-13-19)24(34)17-33-25(35)18-38-28(22-16-21(36-3)10-11-23(22)37-4)26-27(30-31(2)29(26)33)20-8-6-5-7-9-20/h5-11,16,19,28H,12-15,17-18H2,1-4H3/t28-/m0/s1. The molecule has 3 aromatic rings. The Kier molecular flexibility index (Phi) is 7.65. The highest BCUT2D eigenvalue weighted by Gasteiger charge is 2.38. The third kappa shape index (κ3) is 4.99. The molecule has 38 heavy (non-hydrogen) atoms. The van der Waals surface area contributed by atoms with E-state index in [1.54, 1.807) is 23.8 Å². The van der Waals surface area contributed by atoms with Gasteiger partial charge in [0.1, 0.15) is 23.9 Å². The summed E-state index contributed by atoms with van der Waals surface area (Å²) in [5, 5.41) is 4.64. The van der Waals surface area contributed by atoms with Crippen molar-refractivity contribution in [3.05, 3.63) is 59.7 Å². The number of hydrogen-bond donors (Lipinski definition) is 0. The number of rotatable bonds is 6. The van der Waals surface area contributed by atoms with Gasteiger partial charge in [-0.05, 0) is 37.0 Å². The molecule has 0 unspecified atom stereocenters. The summed E-state index contributed by atoms with van der Waals surface area (Å²) in [6.45, 7) is 3.68. The summed E-state index contributed by atoms with van der Waals surface area (Å²) < 4.78 is 13.0. The first-order chi connectivity index (χ1) is 18.4. The van der Waals surface area contributed by atoms with Crippen LogP contribution in [0.2, 0.25) is 0 Å². The molecule has 0 aliphatic carbocycles. The van der Waals surface area contributed by atoms with E-state index in [-0.39, 0.29) is 29.4 Å². The second-order valence-electron chi connectivity index (χ2n) is 9.92. The number of hydrogen-bond acceptors (Lipinski definition) is 6. The maximum absolute atomic E-state index is 13.6. The number of nitrogens with zero attached hydrogens (tertiary/aromatic N) is 4. The number of piperidine rings is 1. The molecule has 1 aromatic heterocycles. The number of aromatic nitrogens is 2. The zero-order valence-electron chi connectivity index (χ0n) is 22.3. The molecule has 0 radical (unpaired) electrons. The third-order valence-electron chi connectivity index (χ3n) is 7.44. The van der Waals surface area contributed by atoms with Crippen LogP contribution in [0.3, 0.4) is 0 Å². The van der Waals surface area contributed by atoms with Crippen LogP contribution >= 0.6 is 11.8 Å². The molecule has 0 bridgehead atoms. The van der Waals surface area contributed by atoms with E-state index in [4.69, 9.17) is 14.6 Å². The quantitative estimate of drug-likeness (QED) is 0.463. The first kappa shape index (κ1) is 26.2. The van der Waals surface area contributed by atoms with Gasteiger partial charge >= 0.3 is 0 Å². The van der Waals surface area contributed by atoms with Gasteiger partial charge in [-0.2, -0.15) is 5.10 Å². The topological polar surface area (TPSA) is 76.9 Å². The first-order valence-electron chi connectivity index (χ1n) is 12.9. The van der Waals surface area contributed by atoms with Gasteiger partial charge in [0.25, 0.3) is 0 Å². The summed E-state index contributed by atoms with van der Waals surface area (Å²) in [4.78, 5) is 30.6. The number of benzene rings is 2. The molecule has 5 rings (SSSR count). The van der Waals surface area contributed by atoms with Crippen LogP contribution in [0, 0.1) is 5.92 Å². The summed E-state index contributed by atoms with van der Waals surface area (Å²) in [5.74, 6) is 2.76. The number of thioether (sulfide) groups is 1. The van der Waals surface area contributed by atoms with Crippen LogP contribution in [0.25, 0.3) is 11.3 Å². The maximum Gasteiger partial charge on any atom is 0.242 e. The Morgan fingerprint density at radius 1 is 1.08 bits per heavy atom. The van der Waals surface area contributed by atoms with Gasteiger partial charge in [-0.3, -0.25) is 19.2 Å². The Bertz CT molecular complexity index is 1320. The van der Waals surface area contributed by atoms with Gasteiger partial charge in [-0.1, -0.05) is 37.3 Å². The Labute approximate surface area is 227 Å². The molecular weight excluding hydrogens is 500 g/mol. The Morgan fingerprint density at radius 3 is 2.50 bits per heavy atom. The monoisotopic (exact) mass is 534 g/mol. The van der Waals surface area contributed by atoms with Gasteiger partial charge in [0.15, 0.2) is 0 Å². The summed E-state index contributed by atoms with van der Waals surface area (Å²) in [6.07, 6.45) is 1.98. The Hall–Kier alpha value is -3.46. The Morgan fingerprint density at radius 2 is 1.82 bits per heavy atom. The van der Waals surface area contributed by atoms with Gasteiger partial charge in [-0.15, -0.1) is 11.8 Å². The smallest absolute Gasteiger partial charge is 0.242 e. The average Bonchev–Trinajstić information content (AvgIpc) is 3.21. The van der Waals surface area contributed by atoms with Crippen LogP contribution in [-0.2, 0) is 16.6 Å². The molecule has 200 valence electrons. The number of carbonyl (C=O) groups excluding carboxylic acids is 2. The summed E-state index contributed by atoms with van der Waals surface area (Å²) >= 11 is 1.52. The molecule has 1 saturated heterocycles. The zero-order chi connectivity index (χ0) is 26.8. The van der Waals surface area contributed by atoms with Crippen molar-refractivity contribution in [3.8, 4) is 22.8 Å². The van der Waals surface area contributed by atoms with Gasteiger partial charge in [0.05, 0.1) is 30.9 Å². The minimum atomic E-state index is -0.265. The molecule has 2 aliphatic rings. The van der Waals surface area contributed by atoms with Crippen molar-refractivity contribution >= 4 is 29.4 Å². The summed E-state index contributed by atoms with van der Waals surface area (Å²) in [5.41, 5.74) is 3.52. The van der Waals surface area contributed by atoms with Crippen molar-refractivity contribution in [2.24, 2.45) is 13.0 Å². The number of likely N-dealkylation sites (tertiary alicyclic amines) is 1. The number of methoxy groups -OCH3 is 2. The molecular formula is C29H34N4O4S. The lowest BCUT2D eigenvalue weighted by atomic mass is 9.98. The fourth-order valence-electron chi connectivity index (χ4n) is 5.28. The average molecular weight is 535 g/mol. The minimum absolute atomic E-state index is 0.00347. The van der Waals surface area contributed by atoms with Gasteiger partial charge in [-0.25, -0.2) is 0 Å². The van der Waals surface area contributed by atoms with E-state index in [1.165, 1.54) is 11.8 Å². The molecule has 0 spiro atoms. The molecule has 9 heteroatoms. The lowest BCUT2D eigenvalue weighted by Crippen LogP contribution is -2.46. The second-order valence-corrected chi connectivity index (χ2v) is 11.0. The highest BCUT2D eigenvalue weighted by molar-refractivity contribution is 8.00. The van der Waals surface area contributed by atoms with E-state index in [9.17, 15) is 9.59 Å². The normalized spacial score (nSPS) is 18.2. The van der Waals surface area contributed by atoms with Crippen molar-refractivity contribution in [2.75, 3.05) is 44.5 Å². The predicted molar refractivity (Wildman–Crippen MR) is 150 cm³/mol. The van der Waals surface area contributed by atoms with Crippen LogP contribution in [0.1, 0.15) is 36.1 Å². The molecule has 2 amide bonds. The van der Waals surface area contributed by atoms with Gasteiger partial charge in [0, 0.05) is 36.8 Å². The molecule has 0 N–H and O–H groups in total. The molecule has 0 saturated carbocycles. The van der Waals surface area contributed by atoms with E-state index in [1.807, 2.05) is 60.5 Å². The van der Waals surface area contributed by atoms with Crippen LogP contribution in [0.15, 0.2) is 48.5 Å². The number of amides is 2.